The van der Waals surface area contributed by atoms with Gasteiger partial charge in [-0.15, -0.1) is 47.2 Å². The normalized spacial score (nSPS) is 16.0. The number of hydrogen-bond acceptors (Lipinski definition) is 4. The summed E-state index contributed by atoms with van der Waals surface area (Å²) in [5.41, 5.74) is 7.05. The number of hydrogen-bond donors (Lipinski definition) is 1. The van der Waals surface area contributed by atoms with Gasteiger partial charge in [0.25, 0.3) is 0 Å². The third-order valence-electron chi connectivity index (χ3n) is 7.01. The standard InChI is InChI=1S/C26H26NS.C5H8O2.Ir/c1-16-15-19-21(26(4,5)13-12-25(19,2)3)24-20(16)18-11-14-27-22(23(18)28-24)17-9-7-6-8-10-17;1-4(6)3-5(2)7;/h6-9,11,14-15H,12-13H2,1-5H3;3,6H,1-2H3;/q-1;;/b;4-3-;. The van der Waals surface area contributed by atoms with Crippen LogP contribution in [0.5, 0.6) is 0 Å². The van der Waals surface area contributed by atoms with Crippen LogP contribution in [0.25, 0.3) is 31.4 Å². The minimum absolute atomic E-state index is 0. The van der Waals surface area contributed by atoms with Crippen molar-refractivity contribution in [1.82, 2.24) is 4.98 Å². The van der Waals surface area contributed by atoms with Crippen LogP contribution in [0.3, 0.4) is 0 Å². The molecule has 0 unspecified atom stereocenters. The van der Waals surface area contributed by atoms with Crippen LogP contribution in [-0.4, -0.2) is 15.9 Å². The van der Waals surface area contributed by atoms with Crippen molar-refractivity contribution >= 4 is 37.3 Å². The summed E-state index contributed by atoms with van der Waals surface area (Å²) in [5, 5.41) is 11.1. The number of aliphatic hydroxyl groups is 1. The van der Waals surface area contributed by atoms with E-state index >= 15 is 0 Å². The molecule has 0 amide bonds. The molecule has 5 heteroatoms. The van der Waals surface area contributed by atoms with Gasteiger partial charge in [0.1, 0.15) is 0 Å². The summed E-state index contributed by atoms with van der Waals surface area (Å²) in [5.74, 6) is -0.0625. The second-order valence-corrected chi connectivity index (χ2v) is 11.9. The minimum atomic E-state index is -0.125. The first-order valence-corrected chi connectivity index (χ1v) is 12.9. The van der Waals surface area contributed by atoms with Gasteiger partial charge in [-0.3, -0.25) is 4.79 Å². The molecule has 2 heterocycles. The maximum absolute atomic E-state index is 10.0. The molecule has 0 saturated carbocycles. The van der Waals surface area contributed by atoms with E-state index in [1.807, 2.05) is 29.7 Å². The molecule has 0 saturated heterocycles. The molecule has 5 rings (SSSR count). The van der Waals surface area contributed by atoms with Crippen LogP contribution in [0, 0.1) is 13.0 Å². The van der Waals surface area contributed by atoms with E-state index < -0.39 is 0 Å². The Bertz CT molecular complexity index is 1440. The van der Waals surface area contributed by atoms with Gasteiger partial charge in [0, 0.05) is 52.9 Å². The van der Waals surface area contributed by atoms with E-state index in [1.54, 1.807) is 11.1 Å². The smallest absolute Gasteiger partial charge is 0.155 e. The number of ketones is 1. The second kappa shape index (κ2) is 10.6. The Kier molecular flexibility index (Phi) is 8.29. The monoisotopic (exact) mass is 677 g/mol. The average Bonchev–Trinajstić information content (AvgIpc) is 3.17. The molecule has 0 spiro atoms. The van der Waals surface area contributed by atoms with E-state index in [2.05, 4.69) is 65.0 Å². The fourth-order valence-electron chi connectivity index (χ4n) is 5.19. The van der Waals surface area contributed by atoms with Crippen LogP contribution < -0.4 is 0 Å². The van der Waals surface area contributed by atoms with Gasteiger partial charge in [0.15, 0.2) is 5.78 Å². The van der Waals surface area contributed by atoms with E-state index in [0.717, 1.165) is 11.3 Å². The first-order chi connectivity index (χ1) is 16.4. The van der Waals surface area contributed by atoms with Gasteiger partial charge in [-0.1, -0.05) is 33.8 Å². The second-order valence-electron chi connectivity index (χ2n) is 10.9. The summed E-state index contributed by atoms with van der Waals surface area (Å²) in [6.07, 6.45) is 5.60. The number of aryl methyl sites for hydroxylation is 1. The zero-order chi connectivity index (χ0) is 25.5. The fraction of sp³-hybridized carbons (Fsp3) is 0.355. The van der Waals surface area contributed by atoms with Crippen LogP contribution in [0.15, 0.2) is 54.4 Å². The molecule has 3 nitrogen and oxygen atoms in total. The molecule has 36 heavy (non-hydrogen) atoms. The van der Waals surface area contributed by atoms with Gasteiger partial charge in [-0.25, -0.2) is 0 Å². The number of fused-ring (bicyclic) bond motifs is 5. The SMILES string of the molecule is CC(=O)/C=C(/C)O.Cc1cc2c(c3sc4c(-c5[c-]cccc5)nccc4c13)C(C)(C)CCC2(C)C.[Ir]. The molecule has 0 aliphatic heterocycles. The van der Waals surface area contributed by atoms with Crippen molar-refractivity contribution < 1.29 is 30.0 Å². The molecule has 0 fully saturated rings. The van der Waals surface area contributed by atoms with Gasteiger partial charge >= 0.3 is 0 Å². The maximum Gasteiger partial charge on any atom is 0.155 e. The number of carbonyl (C=O) groups excluding carboxylic acids is 1. The molecule has 191 valence electrons. The van der Waals surface area contributed by atoms with Crippen LogP contribution >= 0.6 is 11.3 Å². The van der Waals surface area contributed by atoms with E-state index in [0.29, 0.717) is 0 Å². The quantitative estimate of drug-likeness (QED) is 0.131. The molecule has 1 N–H and O–H groups in total. The number of pyridine rings is 1. The third-order valence-corrected chi connectivity index (χ3v) is 8.24. The van der Waals surface area contributed by atoms with Crippen molar-refractivity contribution in [2.24, 2.45) is 0 Å². The van der Waals surface area contributed by atoms with Crippen molar-refractivity contribution in [2.75, 3.05) is 0 Å². The summed E-state index contributed by atoms with van der Waals surface area (Å²) in [6.45, 7) is 14.8. The van der Waals surface area contributed by atoms with Crippen molar-refractivity contribution in [3.63, 3.8) is 0 Å². The largest absolute Gasteiger partial charge is 0.512 e. The van der Waals surface area contributed by atoms with Crippen LogP contribution in [-0.2, 0) is 35.7 Å². The van der Waals surface area contributed by atoms with Gasteiger partial charge in [-0.05, 0) is 72.6 Å². The van der Waals surface area contributed by atoms with Gasteiger partial charge in [-0.2, -0.15) is 0 Å². The molecule has 0 bridgehead atoms. The Morgan fingerprint density at radius 2 is 1.78 bits per heavy atom. The number of thiophene rings is 1. The molecule has 2 aromatic heterocycles. The molecule has 1 aliphatic carbocycles. The van der Waals surface area contributed by atoms with Crippen molar-refractivity contribution in [1.29, 1.82) is 0 Å². The Morgan fingerprint density at radius 1 is 1.08 bits per heavy atom. The molecular formula is C31H34IrNO2S-. The topological polar surface area (TPSA) is 50.2 Å². The molecular weight excluding hydrogens is 643 g/mol. The van der Waals surface area contributed by atoms with Gasteiger partial charge in [0.05, 0.1) is 5.76 Å². The molecule has 0 atom stereocenters. The van der Waals surface area contributed by atoms with E-state index in [-0.39, 0.29) is 42.5 Å². The number of nitrogens with zero attached hydrogens (tertiary/aromatic N) is 1. The predicted octanol–water partition coefficient (Wildman–Crippen LogP) is 8.61. The number of aromatic nitrogens is 1. The Morgan fingerprint density at radius 3 is 2.36 bits per heavy atom. The molecule has 1 radical (unpaired) electrons. The molecule has 1 aliphatic rings. The first-order valence-electron chi connectivity index (χ1n) is 12.1. The summed E-state index contributed by atoms with van der Waals surface area (Å²) in [4.78, 5) is 14.8. The minimum Gasteiger partial charge on any atom is -0.512 e. The Hall–Kier alpha value is -2.33. The number of carbonyl (C=O) groups is 1. The Balaban J connectivity index is 0.000000400. The molecule has 4 aromatic rings. The first kappa shape index (κ1) is 28.2. The van der Waals surface area contributed by atoms with Gasteiger partial charge in [0.2, 0.25) is 0 Å². The van der Waals surface area contributed by atoms with Crippen molar-refractivity contribution in [3.8, 4) is 11.3 Å². The van der Waals surface area contributed by atoms with Crippen molar-refractivity contribution in [2.45, 2.75) is 72.1 Å². The van der Waals surface area contributed by atoms with Crippen LogP contribution in [0.4, 0.5) is 0 Å². The zero-order valence-corrected chi connectivity index (χ0v) is 25.3. The summed E-state index contributed by atoms with van der Waals surface area (Å²) in [7, 11) is 0. The van der Waals surface area contributed by atoms with Crippen molar-refractivity contribution in [3.05, 3.63) is 77.2 Å². The van der Waals surface area contributed by atoms with E-state index in [4.69, 9.17) is 10.1 Å². The van der Waals surface area contributed by atoms with E-state index in [9.17, 15) is 4.79 Å². The number of rotatable bonds is 2. The summed E-state index contributed by atoms with van der Waals surface area (Å²) in [6, 6.07) is 16.2. The van der Waals surface area contributed by atoms with Gasteiger partial charge < -0.3 is 10.1 Å². The predicted molar refractivity (Wildman–Crippen MR) is 148 cm³/mol. The zero-order valence-electron chi connectivity index (χ0n) is 22.1. The van der Waals surface area contributed by atoms with E-state index in [1.165, 1.54) is 58.5 Å². The number of allylic oxidation sites excluding steroid dienone is 2. The fourth-order valence-corrected chi connectivity index (χ4v) is 6.80. The van der Waals surface area contributed by atoms with Crippen LogP contribution in [0.2, 0.25) is 0 Å². The van der Waals surface area contributed by atoms with Crippen LogP contribution in [0.1, 0.15) is 71.1 Å². The average molecular weight is 677 g/mol. The Labute approximate surface area is 232 Å². The summed E-state index contributed by atoms with van der Waals surface area (Å²) < 4.78 is 2.75. The number of benzene rings is 2. The molecule has 2 aromatic carbocycles. The third kappa shape index (κ3) is 5.34. The maximum atomic E-state index is 10.0. The summed E-state index contributed by atoms with van der Waals surface area (Å²) >= 11 is 1.93. The number of aliphatic hydroxyl groups excluding tert-OH is 1.